The van der Waals surface area contributed by atoms with Gasteiger partial charge in [-0.2, -0.15) is 5.10 Å². The maximum atomic E-state index is 13.0. The van der Waals surface area contributed by atoms with E-state index in [1.165, 1.54) is 6.07 Å². The van der Waals surface area contributed by atoms with Crippen LogP contribution in [0.3, 0.4) is 0 Å². The first-order valence-corrected chi connectivity index (χ1v) is 6.69. The molecule has 1 N–H and O–H groups in total. The largest absolute Gasteiger partial charge is 0.326 e. The van der Waals surface area contributed by atoms with Crippen LogP contribution in [0.4, 0.5) is 14.5 Å². The average molecular weight is 344 g/mol. The molecule has 2 aromatic rings. The number of halogens is 3. The Morgan fingerprint density at radius 1 is 1.45 bits per heavy atom. The number of hydrogen-bond acceptors (Lipinski definition) is 2. The van der Waals surface area contributed by atoms with Crippen LogP contribution < -0.4 is 5.32 Å². The number of amides is 1. The van der Waals surface area contributed by atoms with E-state index in [2.05, 4.69) is 26.3 Å². The van der Waals surface area contributed by atoms with E-state index in [9.17, 15) is 13.6 Å². The third kappa shape index (κ3) is 3.63. The van der Waals surface area contributed by atoms with Crippen LogP contribution in [0.1, 0.15) is 6.92 Å². The van der Waals surface area contributed by atoms with Crippen molar-refractivity contribution in [1.82, 2.24) is 9.78 Å². The zero-order valence-corrected chi connectivity index (χ0v) is 12.2. The molecule has 20 heavy (non-hydrogen) atoms. The Kier molecular flexibility index (Phi) is 4.49. The predicted molar refractivity (Wildman–Crippen MR) is 74.1 cm³/mol. The lowest BCUT2D eigenvalue weighted by atomic mass is 10.1. The van der Waals surface area contributed by atoms with Gasteiger partial charge in [-0.15, -0.1) is 0 Å². The fourth-order valence-corrected chi connectivity index (χ4v) is 1.97. The van der Waals surface area contributed by atoms with Crippen LogP contribution in [0.2, 0.25) is 0 Å². The summed E-state index contributed by atoms with van der Waals surface area (Å²) < 4.78 is 28.3. The normalized spacial score (nSPS) is 12.2. The van der Waals surface area contributed by atoms with Crippen molar-refractivity contribution >= 4 is 27.5 Å². The van der Waals surface area contributed by atoms with Gasteiger partial charge in [0.05, 0.1) is 23.1 Å². The molecule has 1 amide bonds. The number of carbonyl (C=O) groups excluding carboxylic acids is 1. The van der Waals surface area contributed by atoms with Crippen molar-refractivity contribution in [3.05, 3.63) is 46.7 Å². The molecule has 1 aromatic carbocycles. The summed E-state index contributed by atoms with van der Waals surface area (Å²) in [5.74, 6) is -2.60. The SMILES string of the molecule is C[C@@H](Cn1cc(Br)cn1)C(=O)Nc1ccc(F)c(F)c1. The molecular weight excluding hydrogens is 332 g/mol. The van der Waals surface area contributed by atoms with Gasteiger partial charge in [0.1, 0.15) is 0 Å². The number of rotatable bonds is 4. The maximum Gasteiger partial charge on any atom is 0.229 e. The van der Waals surface area contributed by atoms with Crippen molar-refractivity contribution in [3.63, 3.8) is 0 Å². The lowest BCUT2D eigenvalue weighted by Gasteiger charge is -2.12. The van der Waals surface area contributed by atoms with E-state index >= 15 is 0 Å². The molecule has 4 nitrogen and oxygen atoms in total. The minimum atomic E-state index is -0.994. The zero-order chi connectivity index (χ0) is 14.7. The summed E-state index contributed by atoms with van der Waals surface area (Å²) >= 11 is 3.27. The molecule has 1 aromatic heterocycles. The van der Waals surface area contributed by atoms with Crippen LogP contribution in [-0.2, 0) is 11.3 Å². The Bertz CT molecular complexity index is 630. The molecule has 106 valence electrons. The van der Waals surface area contributed by atoms with E-state index < -0.39 is 11.6 Å². The lowest BCUT2D eigenvalue weighted by molar-refractivity contribution is -0.119. The average Bonchev–Trinajstić information content (AvgIpc) is 2.79. The molecule has 0 aliphatic heterocycles. The summed E-state index contributed by atoms with van der Waals surface area (Å²) in [7, 11) is 0. The van der Waals surface area contributed by atoms with Crippen molar-refractivity contribution in [1.29, 1.82) is 0 Å². The topological polar surface area (TPSA) is 46.9 Å². The Hall–Kier alpha value is -1.76. The lowest BCUT2D eigenvalue weighted by Crippen LogP contribution is -2.24. The van der Waals surface area contributed by atoms with Crippen molar-refractivity contribution in [2.45, 2.75) is 13.5 Å². The van der Waals surface area contributed by atoms with Crippen LogP contribution in [0.15, 0.2) is 35.1 Å². The van der Waals surface area contributed by atoms with E-state index in [0.717, 1.165) is 16.6 Å². The molecular formula is C13H12BrF2N3O. The summed E-state index contributed by atoms with van der Waals surface area (Å²) in [6.07, 6.45) is 3.38. The second-order valence-corrected chi connectivity index (χ2v) is 5.32. The molecule has 0 aliphatic carbocycles. The van der Waals surface area contributed by atoms with Crippen molar-refractivity contribution < 1.29 is 13.6 Å². The van der Waals surface area contributed by atoms with Crippen molar-refractivity contribution in [2.75, 3.05) is 5.32 Å². The number of benzene rings is 1. The summed E-state index contributed by atoms with van der Waals surface area (Å²) in [6, 6.07) is 3.23. The van der Waals surface area contributed by atoms with Gasteiger partial charge in [-0.05, 0) is 28.1 Å². The van der Waals surface area contributed by atoms with Gasteiger partial charge in [0.25, 0.3) is 0 Å². The van der Waals surface area contributed by atoms with Crippen LogP contribution in [0.25, 0.3) is 0 Å². The highest BCUT2D eigenvalue weighted by Gasteiger charge is 2.15. The van der Waals surface area contributed by atoms with Gasteiger partial charge in [-0.25, -0.2) is 8.78 Å². The minimum Gasteiger partial charge on any atom is -0.326 e. The monoisotopic (exact) mass is 343 g/mol. The molecule has 0 aliphatic rings. The highest BCUT2D eigenvalue weighted by molar-refractivity contribution is 9.10. The quantitative estimate of drug-likeness (QED) is 0.926. The molecule has 1 atom stereocenters. The standard InChI is InChI=1S/C13H12BrF2N3O/c1-8(6-19-7-9(14)5-17-19)13(20)18-10-2-3-11(15)12(16)4-10/h2-5,7-8H,6H2,1H3,(H,18,20)/t8-/m0/s1. The number of nitrogens with zero attached hydrogens (tertiary/aromatic N) is 2. The summed E-state index contributed by atoms with van der Waals surface area (Å²) in [5, 5.41) is 6.59. The van der Waals surface area contributed by atoms with Crippen LogP contribution in [-0.4, -0.2) is 15.7 Å². The van der Waals surface area contributed by atoms with Crippen molar-refractivity contribution in [3.8, 4) is 0 Å². The van der Waals surface area contributed by atoms with Gasteiger partial charge in [0.15, 0.2) is 11.6 Å². The van der Waals surface area contributed by atoms with E-state index in [1.807, 2.05) is 0 Å². The Labute approximate surface area is 122 Å². The fraction of sp³-hybridized carbons (Fsp3) is 0.231. The molecule has 0 bridgehead atoms. The van der Waals surface area contributed by atoms with Gasteiger partial charge in [-0.1, -0.05) is 6.92 Å². The first-order chi connectivity index (χ1) is 9.45. The van der Waals surface area contributed by atoms with E-state index in [-0.39, 0.29) is 17.5 Å². The first-order valence-electron chi connectivity index (χ1n) is 5.89. The molecule has 2 rings (SSSR count). The molecule has 0 spiro atoms. The van der Waals surface area contributed by atoms with Crippen LogP contribution in [0, 0.1) is 17.6 Å². The molecule has 0 fully saturated rings. The smallest absolute Gasteiger partial charge is 0.229 e. The Balaban J connectivity index is 1.98. The van der Waals surface area contributed by atoms with Gasteiger partial charge >= 0.3 is 0 Å². The first kappa shape index (κ1) is 14.6. The highest BCUT2D eigenvalue weighted by Crippen LogP contribution is 2.15. The number of hydrogen-bond donors (Lipinski definition) is 1. The highest BCUT2D eigenvalue weighted by atomic mass is 79.9. The number of anilines is 1. The maximum absolute atomic E-state index is 13.0. The number of nitrogens with one attached hydrogen (secondary N) is 1. The third-order valence-electron chi connectivity index (χ3n) is 2.70. The van der Waals surface area contributed by atoms with Crippen LogP contribution in [0.5, 0.6) is 0 Å². The van der Waals surface area contributed by atoms with Crippen molar-refractivity contribution in [2.24, 2.45) is 5.92 Å². The van der Waals surface area contributed by atoms with E-state index in [1.54, 1.807) is 24.0 Å². The van der Waals surface area contributed by atoms with Crippen LogP contribution >= 0.6 is 15.9 Å². The minimum absolute atomic E-state index is 0.224. The van der Waals surface area contributed by atoms with Gasteiger partial charge < -0.3 is 5.32 Å². The van der Waals surface area contributed by atoms with Gasteiger partial charge in [0, 0.05) is 18.0 Å². The summed E-state index contributed by atoms with van der Waals surface area (Å²) in [4.78, 5) is 11.9. The van der Waals surface area contributed by atoms with Gasteiger partial charge in [-0.3, -0.25) is 9.48 Å². The fourth-order valence-electron chi connectivity index (χ4n) is 1.64. The van der Waals surface area contributed by atoms with E-state index in [4.69, 9.17) is 0 Å². The second-order valence-electron chi connectivity index (χ2n) is 4.40. The van der Waals surface area contributed by atoms with Gasteiger partial charge in [0.2, 0.25) is 5.91 Å². The third-order valence-corrected chi connectivity index (χ3v) is 3.11. The molecule has 1 heterocycles. The molecule has 7 heteroatoms. The number of carbonyl (C=O) groups is 1. The Morgan fingerprint density at radius 3 is 2.80 bits per heavy atom. The zero-order valence-electron chi connectivity index (χ0n) is 10.6. The molecule has 0 saturated heterocycles. The molecule has 0 unspecified atom stereocenters. The Morgan fingerprint density at radius 2 is 2.20 bits per heavy atom. The summed E-state index contributed by atoms with van der Waals surface area (Å²) in [5.41, 5.74) is 0.224. The second kappa shape index (κ2) is 6.13. The van der Waals surface area contributed by atoms with E-state index in [0.29, 0.717) is 6.54 Å². The number of aromatic nitrogens is 2. The summed E-state index contributed by atoms with van der Waals surface area (Å²) in [6.45, 7) is 2.12. The predicted octanol–water partition coefficient (Wildman–Crippen LogP) is 3.20. The molecule has 0 saturated carbocycles. The molecule has 0 radical (unpaired) electrons.